The molecule has 2 N–H and O–H groups in total. The molecule has 1 fully saturated rings. The van der Waals surface area contributed by atoms with Crippen LogP contribution in [0, 0.1) is 5.41 Å². The van der Waals surface area contributed by atoms with Gasteiger partial charge in [0.1, 0.15) is 16.8 Å². The summed E-state index contributed by atoms with van der Waals surface area (Å²) in [5, 5.41) is 12.3. The van der Waals surface area contributed by atoms with Gasteiger partial charge in [0.2, 0.25) is 0 Å². The van der Waals surface area contributed by atoms with Crippen molar-refractivity contribution in [3.63, 3.8) is 0 Å². The van der Waals surface area contributed by atoms with Gasteiger partial charge in [0.25, 0.3) is 11.5 Å². The van der Waals surface area contributed by atoms with Crippen molar-refractivity contribution in [1.29, 1.82) is 5.41 Å². The van der Waals surface area contributed by atoms with Gasteiger partial charge < -0.3 is 9.88 Å². The Morgan fingerprint density at radius 2 is 1.84 bits per heavy atom. The molecule has 0 radical (unpaired) electrons. The van der Waals surface area contributed by atoms with E-state index in [-0.39, 0.29) is 34.6 Å². The molecule has 5 rings (SSSR count). The van der Waals surface area contributed by atoms with Crippen molar-refractivity contribution in [1.82, 2.24) is 19.3 Å². The second kappa shape index (κ2) is 8.07. The molecule has 3 heterocycles. The van der Waals surface area contributed by atoms with Gasteiger partial charge in [-0.1, -0.05) is 49.2 Å². The van der Waals surface area contributed by atoms with Crippen LogP contribution in [0.2, 0.25) is 0 Å². The third-order valence-corrected chi connectivity index (χ3v) is 6.34. The quantitative estimate of drug-likeness (QED) is 0.486. The summed E-state index contributed by atoms with van der Waals surface area (Å²) in [5.74, 6) is -0.363. The molecule has 0 unspecified atom stereocenters. The molecule has 0 spiro atoms. The summed E-state index contributed by atoms with van der Waals surface area (Å²) in [6.45, 7) is 1.91. The van der Waals surface area contributed by atoms with Crippen molar-refractivity contribution in [2.45, 2.75) is 44.7 Å². The fourth-order valence-corrected chi connectivity index (χ4v) is 4.64. The highest BCUT2D eigenvalue weighted by Gasteiger charge is 2.25. The third-order valence-electron chi connectivity index (χ3n) is 6.34. The molecule has 7 heteroatoms. The van der Waals surface area contributed by atoms with Gasteiger partial charge in [-0.15, -0.1) is 0 Å². The summed E-state index contributed by atoms with van der Waals surface area (Å²) >= 11 is 0. The molecule has 7 nitrogen and oxygen atoms in total. The van der Waals surface area contributed by atoms with E-state index < -0.39 is 0 Å². The molecule has 0 bridgehead atoms. The zero-order valence-corrected chi connectivity index (χ0v) is 17.9. The predicted molar refractivity (Wildman–Crippen MR) is 123 cm³/mol. The fraction of sp³-hybridized carbons (Fsp3) is 0.280. The number of aromatic nitrogens is 3. The van der Waals surface area contributed by atoms with Crippen LogP contribution in [0.15, 0.2) is 65.6 Å². The van der Waals surface area contributed by atoms with E-state index in [0.717, 1.165) is 31.2 Å². The van der Waals surface area contributed by atoms with Crippen LogP contribution in [-0.2, 0) is 0 Å². The van der Waals surface area contributed by atoms with E-state index in [0.29, 0.717) is 16.7 Å². The molecule has 0 aliphatic heterocycles. The molecular weight excluding hydrogens is 402 g/mol. The molecule has 1 saturated carbocycles. The lowest BCUT2D eigenvalue weighted by molar-refractivity contribution is 0.0937. The molecule has 1 amide bonds. The summed E-state index contributed by atoms with van der Waals surface area (Å²) in [4.78, 5) is 31.3. The van der Waals surface area contributed by atoms with Crippen molar-refractivity contribution in [3.8, 4) is 0 Å². The summed E-state index contributed by atoms with van der Waals surface area (Å²) in [6, 6.07) is 16.4. The van der Waals surface area contributed by atoms with E-state index in [1.165, 1.54) is 10.5 Å². The van der Waals surface area contributed by atoms with Gasteiger partial charge in [0, 0.05) is 12.2 Å². The largest absolute Gasteiger partial charge is 0.345 e. The number of nitrogens with zero attached hydrogens (tertiary/aromatic N) is 3. The van der Waals surface area contributed by atoms with Crippen molar-refractivity contribution < 1.29 is 4.79 Å². The van der Waals surface area contributed by atoms with Crippen molar-refractivity contribution >= 4 is 22.6 Å². The van der Waals surface area contributed by atoms with E-state index in [9.17, 15) is 9.59 Å². The Morgan fingerprint density at radius 1 is 1.12 bits per heavy atom. The van der Waals surface area contributed by atoms with Crippen LogP contribution in [0.25, 0.3) is 16.7 Å². The number of hydrogen-bond acceptors (Lipinski definition) is 4. The summed E-state index contributed by atoms with van der Waals surface area (Å²) < 4.78 is 3.29. The van der Waals surface area contributed by atoms with Gasteiger partial charge in [-0.3, -0.25) is 19.4 Å². The SMILES string of the molecule is C[C@@H](NC(=O)c1cc2c(=O)n3ccccc3nc2n(C2CCCC2)c1=N)c1ccccc1. The van der Waals surface area contributed by atoms with Gasteiger partial charge in [-0.2, -0.15) is 0 Å². The summed E-state index contributed by atoms with van der Waals surface area (Å²) in [5.41, 5.74) is 2.06. The average Bonchev–Trinajstić information content (AvgIpc) is 3.34. The lowest BCUT2D eigenvalue weighted by atomic mass is 10.1. The van der Waals surface area contributed by atoms with Gasteiger partial charge in [0.05, 0.1) is 17.0 Å². The number of pyridine rings is 2. The Morgan fingerprint density at radius 3 is 2.59 bits per heavy atom. The van der Waals surface area contributed by atoms with Gasteiger partial charge >= 0.3 is 0 Å². The highest BCUT2D eigenvalue weighted by Crippen LogP contribution is 2.30. The highest BCUT2D eigenvalue weighted by molar-refractivity contribution is 5.97. The smallest absolute Gasteiger partial charge is 0.267 e. The molecule has 3 aromatic heterocycles. The molecule has 4 aromatic rings. The van der Waals surface area contributed by atoms with E-state index in [2.05, 4.69) is 5.32 Å². The van der Waals surface area contributed by atoms with Crippen LogP contribution in [-0.4, -0.2) is 19.9 Å². The predicted octanol–water partition coefficient (Wildman–Crippen LogP) is 3.73. The number of hydrogen-bond donors (Lipinski definition) is 2. The topological polar surface area (TPSA) is 92.2 Å². The van der Waals surface area contributed by atoms with Gasteiger partial charge in [-0.25, -0.2) is 4.98 Å². The first-order chi connectivity index (χ1) is 15.5. The Kier molecular flexibility index (Phi) is 5.09. The van der Waals surface area contributed by atoms with E-state index in [4.69, 9.17) is 10.4 Å². The normalized spacial score (nSPS) is 15.3. The molecule has 1 aromatic carbocycles. The Hall–Kier alpha value is -3.74. The van der Waals surface area contributed by atoms with E-state index >= 15 is 0 Å². The maximum absolute atomic E-state index is 13.3. The lowest BCUT2D eigenvalue weighted by Gasteiger charge is -2.20. The number of nitrogens with one attached hydrogen (secondary N) is 2. The van der Waals surface area contributed by atoms with E-state index in [1.807, 2.05) is 43.3 Å². The second-order valence-electron chi connectivity index (χ2n) is 8.40. The third kappa shape index (κ3) is 3.39. The van der Waals surface area contributed by atoms with Gasteiger partial charge in [-0.05, 0) is 43.5 Å². The van der Waals surface area contributed by atoms with E-state index in [1.54, 1.807) is 22.9 Å². The van der Waals surface area contributed by atoms with Crippen molar-refractivity contribution in [3.05, 3.63) is 87.8 Å². The van der Waals surface area contributed by atoms with Crippen molar-refractivity contribution in [2.75, 3.05) is 0 Å². The second-order valence-corrected chi connectivity index (χ2v) is 8.40. The molecular formula is C25H25N5O2. The number of benzene rings is 1. The highest BCUT2D eigenvalue weighted by atomic mass is 16.2. The minimum Gasteiger partial charge on any atom is -0.345 e. The number of rotatable bonds is 4. The summed E-state index contributed by atoms with van der Waals surface area (Å²) in [7, 11) is 0. The first kappa shape index (κ1) is 20.2. The van der Waals surface area contributed by atoms with Crippen LogP contribution in [0.1, 0.15) is 60.6 Å². The molecule has 1 aliphatic rings. The van der Waals surface area contributed by atoms with Crippen molar-refractivity contribution in [2.24, 2.45) is 0 Å². The molecule has 1 atom stereocenters. The van der Waals surface area contributed by atoms with Crippen LogP contribution in [0.4, 0.5) is 0 Å². The van der Waals surface area contributed by atoms with Crippen LogP contribution in [0.5, 0.6) is 0 Å². The maximum Gasteiger partial charge on any atom is 0.267 e. The standard InChI is InChI=1S/C25H25N5O2/c1-16(17-9-3-2-4-10-17)27-24(31)19-15-20-23(30(22(19)26)18-11-5-6-12-18)28-21-13-7-8-14-29(21)25(20)32/h2-4,7-10,13-16,18,26H,5-6,11-12H2,1H3,(H,27,31)/t16-/m1/s1. The molecule has 1 aliphatic carbocycles. The maximum atomic E-state index is 13.3. The Balaban J connectivity index is 1.69. The minimum atomic E-state index is -0.363. The molecule has 32 heavy (non-hydrogen) atoms. The zero-order chi connectivity index (χ0) is 22.2. The molecule has 162 valence electrons. The molecule has 0 saturated heterocycles. The van der Waals surface area contributed by atoms with Crippen LogP contribution >= 0.6 is 0 Å². The fourth-order valence-electron chi connectivity index (χ4n) is 4.64. The lowest BCUT2D eigenvalue weighted by Crippen LogP contribution is -2.37. The zero-order valence-electron chi connectivity index (χ0n) is 17.9. The Labute approximate surface area is 184 Å². The average molecular weight is 428 g/mol. The monoisotopic (exact) mass is 427 g/mol. The number of amides is 1. The minimum absolute atomic E-state index is 0.0577. The Bertz CT molecular complexity index is 1430. The van der Waals surface area contributed by atoms with Crippen LogP contribution in [0.3, 0.4) is 0 Å². The first-order valence-electron chi connectivity index (χ1n) is 11.0. The number of carbonyl (C=O) groups is 1. The van der Waals surface area contributed by atoms with Crippen LogP contribution < -0.4 is 16.4 Å². The number of fused-ring (bicyclic) bond motifs is 2. The number of carbonyl (C=O) groups excluding carboxylic acids is 1. The first-order valence-corrected chi connectivity index (χ1v) is 11.0. The van der Waals surface area contributed by atoms with Gasteiger partial charge in [0.15, 0.2) is 0 Å². The summed E-state index contributed by atoms with van der Waals surface area (Å²) in [6.07, 6.45) is 5.62.